The van der Waals surface area contributed by atoms with Crippen molar-refractivity contribution in [1.29, 1.82) is 0 Å². The van der Waals surface area contributed by atoms with Crippen LogP contribution in [0.15, 0.2) is 29.2 Å². The van der Waals surface area contributed by atoms with Gasteiger partial charge in [-0.2, -0.15) is 17.1 Å². The lowest BCUT2D eigenvalue weighted by Crippen LogP contribution is -2.42. The van der Waals surface area contributed by atoms with E-state index in [0.717, 1.165) is 13.0 Å². The van der Waals surface area contributed by atoms with Gasteiger partial charge in [-0.1, -0.05) is 6.07 Å². The number of hydrogen-bond acceptors (Lipinski definition) is 4. The van der Waals surface area contributed by atoms with Gasteiger partial charge in [0, 0.05) is 24.8 Å². The molecule has 0 saturated carbocycles. The van der Waals surface area contributed by atoms with Crippen molar-refractivity contribution in [2.75, 3.05) is 13.1 Å². The van der Waals surface area contributed by atoms with E-state index in [1.54, 1.807) is 0 Å². The molecule has 0 aromatic carbocycles. The van der Waals surface area contributed by atoms with Crippen molar-refractivity contribution in [2.45, 2.75) is 12.5 Å². The van der Waals surface area contributed by atoms with Crippen molar-refractivity contribution in [2.24, 2.45) is 0 Å². The van der Waals surface area contributed by atoms with Crippen LogP contribution in [0.1, 0.15) is 6.42 Å². The Balaban J connectivity index is 2.25. The minimum Gasteiger partial charge on any atom is -0.315 e. The maximum atomic E-state index is 11.8. The van der Waals surface area contributed by atoms with E-state index in [2.05, 4.69) is 10.0 Å². The molecule has 1 aliphatic heterocycles. The highest BCUT2D eigenvalue weighted by molar-refractivity contribution is 7.87. The van der Waals surface area contributed by atoms with Crippen molar-refractivity contribution >= 4 is 10.2 Å². The number of rotatable bonds is 3. The lowest BCUT2D eigenvalue weighted by molar-refractivity contribution is 0.549. The van der Waals surface area contributed by atoms with Crippen LogP contribution in [0.5, 0.6) is 0 Å². The predicted octanol–water partition coefficient (Wildman–Crippen LogP) is -1.11. The van der Waals surface area contributed by atoms with Crippen LogP contribution >= 0.6 is 0 Å². The molecule has 2 heterocycles. The molecule has 1 unspecified atom stereocenters. The van der Waals surface area contributed by atoms with E-state index in [0.29, 0.717) is 10.5 Å². The molecule has 1 atom stereocenters. The van der Waals surface area contributed by atoms with Crippen LogP contribution in [0.3, 0.4) is 0 Å². The third kappa shape index (κ3) is 2.31. The molecule has 1 aromatic rings. The maximum Gasteiger partial charge on any atom is 0.308 e. The molecule has 1 fully saturated rings. The summed E-state index contributed by atoms with van der Waals surface area (Å²) in [7, 11) is -3.76. The standard InChI is InChI=1S/C9H13N3O3S/c13-9-3-1-2-6-12(9)16(14,15)11-8-4-5-10-7-8/h1-3,6,8,10-11H,4-5,7H2. The molecule has 88 valence electrons. The highest BCUT2D eigenvalue weighted by Gasteiger charge is 2.22. The molecule has 0 bridgehead atoms. The van der Waals surface area contributed by atoms with E-state index in [4.69, 9.17) is 0 Å². The summed E-state index contributed by atoms with van der Waals surface area (Å²) < 4.78 is 26.9. The fraction of sp³-hybridized carbons (Fsp3) is 0.444. The zero-order valence-corrected chi connectivity index (χ0v) is 9.40. The first-order chi connectivity index (χ1) is 7.59. The zero-order chi connectivity index (χ0) is 11.6. The van der Waals surface area contributed by atoms with E-state index in [-0.39, 0.29) is 6.04 Å². The largest absolute Gasteiger partial charge is 0.315 e. The molecule has 0 spiro atoms. The number of aromatic nitrogens is 1. The van der Waals surface area contributed by atoms with Crippen molar-refractivity contribution in [3.63, 3.8) is 0 Å². The Morgan fingerprint density at radius 3 is 2.88 bits per heavy atom. The SMILES string of the molecule is O=c1ccccn1S(=O)(=O)NC1CCNC1. The normalized spacial score (nSPS) is 21.1. The first-order valence-corrected chi connectivity index (χ1v) is 6.45. The molecule has 6 nitrogen and oxygen atoms in total. The Morgan fingerprint density at radius 1 is 1.44 bits per heavy atom. The van der Waals surface area contributed by atoms with Gasteiger partial charge in [0.25, 0.3) is 5.56 Å². The van der Waals surface area contributed by atoms with Crippen LogP contribution in [0, 0.1) is 0 Å². The van der Waals surface area contributed by atoms with Gasteiger partial charge in [-0.05, 0) is 19.0 Å². The molecule has 2 N–H and O–H groups in total. The van der Waals surface area contributed by atoms with Crippen LogP contribution in [-0.4, -0.2) is 31.5 Å². The van der Waals surface area contributed by atoms with Crippen LogP contribution in [0.4, 0.5) is 0 Å². The summed E-state index contributed by atoms with van der Waals surface area (Å²) in [4.78, 5) is 11.4. The Labute approximate surface area is 93.5 Å². The number of nitrogens with one attached hydrogen (secondary N) is 2. The topological polar surface area (TPSA) is 80.2 Å². The second kappa shape index (κ2) is 4.36. The monoisotopic (exact) mass is 243 g/mol. The van der Waals surface area contributed by atoms with Crippen molar-refractivity contribution < 1.29 is 8.42 Å². The molecule has 1 aromatic heterocycles. The average molecular weight is 243 g/mol. The Hall–Kier alpha value is -1.18. The summed E-state index contributed by atoms with van der Waals surface area (Å²) in [6, 6.07) is 4.09. The van der Waals surface area contributed by atoms with Gasteiger partial charge in [0.05, 0.1) is 0 Å². The first kappa shape index (κ1) is 11.3. The Morgan fingerprint density at radius 2 is 2.25 bits per heavy atom. The van der Waals surface area contributed by atoms with Crippen molar-refractivity contribution in [3.05, 3.63) is 34.7 Å². The second-order valence-corrected chi connectivity index (χ2v) is 5.23. The Bertz CT molecular complexity index is 517. The molecule has 2 rings (SSSR count). The molecule has 7 heteroatoms. The molecular weight excluding hydrogens is 230 g/mol. The van der Waals surface area contributed by atoms with Gasteiger partial charge in [-0.25, -0.2) is 0 Å². The minimum atomic E-state index is -3.76. The average Bonchev–Trinajstić information content (AvgIpc) is 2.70. The lowest BCUT2D eigenvalue weighted by Gasteiger charge is -2.12. The van der Waals surface area contributed by atoms with E-state index in [1.807, 2.05) is 0 Å². The molecule has 0 aliphatic carbocycles. The second-order valence-electron chi connectivity index (χ2n) is 3.65. The smallest absolute Gasteiger partial charge is 0.308 e. The quantitative estimate of drug-likeness (QED) is 0.705. The fourth-order valence-electron chi connectivity index (χ4n) is 1.63. The van der Waals surface area contributed by atoms with Gasteiger partial charge < -0.3 is 5.32 Å². The van der Waals surface area contributed by atoms with Crippen LogP contribution in [0.2, 0.25) is 0 Å². The summed E-state index contributed by atoms with van der Waals surface area (Å²) in [6.07, 6.45) is 1.98. The predicted molar refractivity (Wildman–Crippen MR) is 59.4 cm³/mol. The van der Waals surface area contributed by atoms with Crippen LogP contribution in [0.25, 0.3) is 0 Å². The minimum absolute atomic E-state index is 0.142. The van der Waals surface area contributed by atoms with E-state index >= 15 is 0 Å². The summed E-state index contributed by atoms with van der Waals surface area (Å²) in [5.41, 5.74) is -0.555. The van der Waals surface area contributed by atoms with Gasteiger partial charge >= 0.3 is 10.2 Å². The number of pyridine rings is 1. The van der Waals surface area contributed by atoms with Gasteiger partial charge in [0.1, 0.15) is 0 Å². The third-order valence-corrected chi connectivity index (χ3v) is 3.87. The van der Waals surface area contributed by atoms with Crippen LogP contribution < -0.4 is 15.6 Å². The van der Waals surface area contributed by atoms with Crippen molar-refractivity contribution in [3.8, 4) is 0 Å². The van der Waals surface area contributed by atoms with Crippen LogP contribution in [-0.2, 0) is 10.2 Å². The molecule has 1 aliphatic rings. The summed E-state index contributed by atoms with van der Waals surface area (Å²) in [5.74, 6) is 0. The highest BCUT2D eigenvalue weighted by Crippen LogP contribution is 2.00. The zero-order valence-electron chi connectivity index (χ0n) is 8.59. The molecule has 1 saturated heterocycles. The summed E-state index contributed by atoms with van der Waals surface area (Å²) in [6.45, 7) is 1.39. The highest BCUT2D eigenvalue weighted by atomic mass is 32.2. The first-order valence-electron chi connectivity index (χ1n) is 5.01. The molecular formula is C9H13N3O3S. The number of nitrogens with zero attached hydrogens (tertiary/aromatic N) is 1. The summed E-state index contributed by atoms with van der Waals surface area (Å²) in [5, 5.41) is 3.05. The number of hydrogen-bond donors (Lipinski definition) is 2. The van der Waals surface area contributed by atoms with Gasteiger partial charge in [0.15, 0.2) is 0 Å². The molecule has 0 amide bonds. The van der Waals surface area contributed by atoms with E-state index < -0.39 is 15.8 Å². The fourth-order valence-corrected chi connectivity index (χ4v) is 2.90. The Kier molecular flexibility index (Phi) is 3.08. The van der Waals surface area contributed by atoms with Gasteiger partial charge in [-0.3, -0.25) is 4.79 Å². The van der Waals surface area contributed by atoms with Crippen molar-refractivity contribution in [1.82, 2.24) is 14.0 Å². The maximum absolute atomic E-state index is 11.8. The van der Waals surface area contributed by atoms with E-state index in [9.17, 15) is 13.2 Å². The lowest BCUT2D eigenvalue weighted by atomic mass is 10.3. The van der Waals surface area contributed by atoms with E-state index in [1.165, 1.54) is 24.4 Å². The third-order valence-electron chi connectivity index (χ3n) is 2.42. The molecule has 0 radical (unpaired) electrons. The molecule has 16 heavy (non-hydrogen) atoms. The van der Waals surface area contributed by atoms with Gasteiger partial charge in [0.2, 0.25) is 0 Å². The summed E-state index contributed by atoms with van der Waals surface area (Å²) >= 11 is 0. The van der Waals surface area contributed by atoms with Gasteiger partial charge in [-0.15, -0.1) is 0 Å².